The van der Waals surface area contributed by atoms with Gasteiger partial charge in [-0.3, -0.25) is 24.0 Å². The fourth-order valence-corrected chi connectivity index (χ4v) is 5.30. The number of aryl methyl sites for hydroxylation is 1. The number of hydrogen-bond donors (Lipinski definition) is 2. The Morgan fingerprint density at radius 1 is 1.19 bits per heavy atom. The summed E-state index contributed by atoms with van der Waals surface area (Å²) in [6, 6.07) is 3.91. The highest BCUT2D eigenvalue weighted by Gasteiger charge is 2.25. The molecule has 0 unspecified atom stereocenters. The number of amides is 3. The molecule has 194 valence electrons. The molecule has 5 heterocycles. The van der Waals surface area contributed by atoms with Crippen molar-refractivity contribution in [1.29, 1.82) is 0 Å². The van der Waals surface area contributed by atoms with Gasteiger partial charge in [-0.25, -0.2) is 4.98 Å². The van der Waals surface area contributed by atoms with Crippen LogP contribution in [-0.4, -0.2) is 75.2 Å². The predicted molar refractivity (Wildman–Crippen MR) is 138 cm³/mol. The maximum absolute atomic E-state index is 13.1. The van der Waals surface area contributed by atoms with Crippen molar-refractivity contribution in [3.63, 3.8) is 0 Å². The van der Waals surface area contributed by atoms with Gasteiger partial charge in [-0.2, -0.15) is 5.10 Å². The number of hydrogen-bond acceptors (Lipinski definition) is 8. The van der Waals surface area contributed by atoms with E-state index in [4.69, 9.17) is 4.74 Å². The molecule has 2 aliphatic rings. The zero-order valence-electron chi connectivity index (χ0n) is 20.6. The van der Waals surface area contributed by atoms with Crippen LogP contribution in [0, 0.1) is 0 Å². The fourth-order valence-electron chi connectivity index (χ4n) is 4.50. The lowest BCUT2D eigenvalue weighted by Crippen LogP contribution is -2.38. The van der Waals surface area contributed by atoms with Gasteiger partial charge in [0, 0.05) is 68.8 Å². The van der Waals surface area contributed by atoms with E-state index >= 15 is 0 Å². The first kappa shape index (κ1) is 25.0. The monoisotopic (exact) mass is 523 g/mol. The molecule has 3 amide bonds. The number of ether oxygens (including phenoxy) is 1. The van der Waals surface area contributed by atoms with Crippen molar-refractivity contribution in [3.8, 4) is 10.6 Å². The molecule has 1 fully saturated rings. The molecule has 3 aromatic rings. The minimum atomic E-state index is -0.416. The molecule has 11 nitrogen and oxygen atoms in total. The molecule has 3 aromatic heterocycles. The summed E-state index contributed by atoms with van der Waals surface area (Å²) in [6.07, 6.45) is 6.40. The number of anilines is 1. The fraction of sp³-hybridized carbons (Fsp3) is 0.440. The van der Waals surface area contributed by atoms with Gasteiger partial charge in [-0.05, 0) is 37.8 Å². The molecular weight excluding hydrogens is 494 g/mol. The molecule has 2 aliphatic heterocycles. The number of nitrogens with one attached hydrogen (secondary N) is 2. The average molecular weight is 524 g/mol. The van der Waals surface area contributed by atoms with E-state index in [2.05, 4.69) is 25.7 Å². The molecule has 0 saturated carbocycles. The minimum Gasteiger partial charge on any atom is -0.381 e. The van der Waals surface area contributed by atoms with Gasteiger partial charge in [0.15, 0.2) is 5.69 Å². The van der Waals surface area contributed by atoms with Crippen molar-refractivity contribution in [2.45, 2.75) is 38.6 Å². The molecule has 0 spiro atoms. The number of nitrogens with zero attached hydrogens (tertiary/aromatic N) is 5. The molecule has 0 radical (unpaired) electrons. The topological polar surface area (TPSA) is 131 Å². The minimum absolute atomic E-state index is 0.0579. The Morgan fingerprint density at radius 3 is 2.84 bits per heavy atom. The van der Waals surface area contributed by atoms with Crippen LogP contribution in [0.3, 0.4) is 0 Å². The van der Waals surface area contributed by atoms with E-state index in [1.165, 1.54) is 18.3 Å². The van der Waals surface area contributed by atoms with Gasteiger partial charge in [0.05, 0.1) is 11.7 Å². The van der Waals surface area contributed by atoms with Crippen molar-refractivity contribution in [2.24, 2.45) is 0 Å². The van der Waals surface area contributed by atoms with Crippen LogP contribution >= 0.6 is 11.3 Å². The first-order chi connectivity index (χ1) is 18.0. The van der Waals surface area contributed by atoms with Crippen molar-refractivity contribution in [1.82, 2.24) is 30.0 Å². The van der Waals surface area contributed by atoms with E-state index in [-0.39, 0.29) is 29.9 Å². The SMILES string of the molecule is CC(=O)N1CCCc2cc(ccn2)-c2nc(cs2)C(=O)Nc2cn(C3CCOCC3)nc2C(=O)NCC1. The van der Waals surface area contributed by atoms with Crippen LogP contribution in [0.2, 0.25) is 0 Å². The Balaban J connectivity index is 1.47. The summed E-state index contributed by atoms with van der Waals surface area (Å²) < 4.78 is 7.19. The number of pyridine rings is 1. The Morgan fingerprint density at radius 2 is 2.03 bits per heavy atom. The third-order valence-corrected chi connectivity index (χ3v) is 7.43. The first-order valence-corrected chi connectivity index (χ1v) is 13.3. The Hall–Kier alpha value is -3.64. The zero-order chi connectivity index (χ0) is 25.8. The van der Waals surface area contributed by atoms with E-state index < -0.39 is 11.8 Å². The van der Waals surface area contributed by atoms with Gasteiger partial charge in [0.25, 0.3) is 11.8 Å². The van der Waals surface area contributed by atoms with Gasteiger partial charge in [-0.1, -0.05) is 0 Å². The van der Waals surface area contributed by atoms with E-state index in [0.29, 0.717) is 43.4 Å². The third kappa shape index (κ3) is 5.86. The van der Waals surface area contributed by atoms with E-state index in [1.54, 1.807) is 27.4 Å². The maximum Gasteiger partial charge on any atom is 0.275 e. The highest BCUT2D eigenvalue weighted by Crippen LogP contribution is 2.27. The summed E-state index contributed by atoms with van der Waals surface area (Å²) in [5.41, 5.74) is 2.48. The molecule has 37 heavy (non-hydrogen) atoms. The van der Waals surface area contributed by atoms with Crippen molar-refractivity contribution < 1.29 is 19.1 Å². The smallest absolute Gasteiger partial charge is 0.275 e. The Bertz CT molecular complexity index is 1300. The van der Waals surface area contributed by atoms with Gasteiger partial charge in [0.2, 0.25) is 5.91 Å². The van der Waals surface area contributed by atoms with Crippen molar-refractivity contribution >= 4 is 34.7 Å². The van der Waals surface area contributed by atoms with Gasteiger partial charge in [0.1, 0.15) is 10.7 Å². The van der Waals surface area contributed by atoms with Gasteiger partial charge >= 0.3 is 0 Å². The first-order valence-electron chi connectivity index (χ1n) is 12.4. The van der Waals surface area contributed by atoms with E-state index in [9.17, 15) is 14.4 Å². The van der Waals surface area contributed by atoms with E-state index in [0.717, 1.165) is 30.5 Å². The largest absolute Gasteiger partial charge is 0.381 e. The normalized spacial score (nSPS) is 17.8. The second kappa shape index (κ2) is 11.2. The highest BCUT2D eigenvalue weighted by molar-refractivity contribution is 7.13. The summed E-state index contributed by atoms with van der Waals surface area (Å²) in [7, 11) is 0. The summed E-state index contributed by atoms with van der Waals surface area (Å²) >= 11 is 1.37. The number of rotatable bonds is 1. The second-order valence-electron chi connectivity index (χ2n) is 9.11. The molecule has 2 N–H and O–H groups in total. The van der Waals surface area contributed by atoms with Crippen LogP contribution in [0.1, 0.15) is 58.9 Å². The van der Waals surface area contributed by atoms with Crippen LogP contribution < -0.4 is 10.6 Å². The lowest BCUT2D eigenvalue weighted by molar-refractivity contribution is -0.128. The number of fused-ring (bicyclic) bond motifs is 6. The third-order valence-electron chi connectivity index (χ3n) is 6.53. The molecule has 0 aliphatic carbocycles. The van der Waals surface area contributed by atoms with Crippen LogP contribution in [0.4, 0.5) is 5.69 Å². The molecule has 1 saturated heterocycles. The zero-order valence-corrected chi connectivity index (χ0v) is 21.4. The summed E-state index contributed by atoms with van der Waals surface area (Å²) in [5.74, 6) is -0.887. The Kier molecular flexibility index (Phi) is 7.56. The quantitative estimate of drug-likeness (QED) is 0.501. The molecule has 5 rings (SSSR count). The lowest BCUT2D eigenvalue weighted by Gasteiger charge is -2.22. The molecular formula is C25H29N7O4S. The van der Waals surface area contributed by atoms with Crippen LogP contribution in [0.5, 0.6) is 0 Å². The van der Waals surface area contributed by atoms with Crippen LogP contribution in [-0.2, 0) is 16.0 Å². The predicted octanol–water partition coefficient (Wildman–Crippen LogP) is 2.53. The number of carbonyl (C=O) groups is 3. The lowest BCUT2D eigenvalue weighted by atomic mass is 10.1. The standard InChI is InChI=1S/C25H29N7O4S/c1-16(33)31-9-2-3-18-13-17(4-7-26-18)25-29-21(15-37-25)23(34)28-20-14-32(19-5-11-36-12-6-19)30-22(20)24(35)27-8-10-31/h4,7,13-15,19H,2-3,5-6,8-12H2,1H3,(H,27,35)(H,28,34). The van der Waals surface area contributed by atoms with Crippen molar-refractivity contribution in [3.05, 3.63) is 47.0 Å². The number of aromatic nitrogens is 4. The number of carbonyl (C=O) groups excluding carboxylic acids is 3. The molecule has 0 atom stereocenters. The maximum atomic E-state index is 13.1. The summed E-state index contributed by atoms with van der Waals surface area (Å²) in [5, 5.41) is 12.6. The summed E-state index contributed by atoms with van der Waals surface area (Å²) in [4.78, 5) is 49.1. The molecule has 12 heteroatoms. The average Bonchev–Trinajstić information content (AvgIpc) is 3.56. The van der Waals surface area contributed by atoms with Gasteiger partial charge in [-0.15, -0.1) is 11.3 Å². The molecule has 4 bridgehead atoms. The summed E-state index contributed by atoms with van der Waals surface area (Å²) in [6.45, 7) is 3.95. The highest BCUT2D eigenvalue weighted by atomic mass is 32.1. The Labute approximate surface area is 218 Å². The van der Waals surface area contributed by atoms with E-state index in [1.807, 2.05) is 12.1 Å². The second-order valence-corrected chi connectivity index (χ2v) is 9.97. The van der Waals surface area contributed by atoms with Crippen molar-refractivity contribution in [2.75, 3.05) is 38.2 Å². The van der Waals surface area contributed by atoms with Gasteiger partial charge < -0.3 is 20.3 Å². The number of thiazole rings is 1. The molecule has 0 aromatic carbocycles. The van der Waals surface area contributed by atoms with Crippen LogP contribution in [0.15, 0.2) is 29.9 Å². The van der Waals surface area contributed by atoms with Crippen LogP contribution in [0.25, 0.3) is 10.6 Å².